The number of piperidine rings is 1. The van der Waals surface area contributed by atoms with Gasteiger partial charge in [-0.3, -0.25) is 9.89 Å². The molecule has 1 aliphatic heterocycles. The highest BCUT2D eigenvalue weighted by atomic mass is 16.5. The molecular weight excluding hydrogens is 346 g/mol. The summed E-state index contributed by atoms with van der Waals surface area (Å²) in [5.74, 6) is 1.76. The number of nitrogens with zero attached hydrogens (tertiary/aromatic N) is 4. The van der Waals surface area contributed by atoms with Crippen LogP contribution in [0, 0.1) is 13.8 Å². The Morgan fingerprint density at radius 3 is 3.00 bits per heavy atom. The number of H-pyrrole nitrogens is 1. The third kappa shape index (κ3) is 3.84. The maximum Gasteiger partial charge on any atom is 0.274 e. The van der Waals surface area contributed by atoms with Crippen molar-refractivity contribution in [3.63, 3.8) is 0 Å². The molecule has 8 nitrogen and oxygen atoms in total. The number of aryl methyl sites for hydroxylation is 2. The van der Waals surface area contributed by atoms with Crippen LogP contribution in [0.3, 0.4) is 0 Å². The Labute approximate surface area is 156 Å². The zero-order valence-corrected chi connectivity index (χ0v) is 15.3. The SMILES string of the molecule is Cc1cc(OC2CCCN(C(=O)c3cc(-c4ccco4)[nH]n3)C2)nc(C)n1. The Kier molecular flexibility index (Phi) is 4.62. The fourth-order valence-electron chi connectivity index (χ4n) is 3.28. The molecule has 1 unspecified atom stereocenters. The lowest BCUT2D eigenvalue weighted by atomic mass is 10.1. The van der Waals surface area contributed by atoms with Gasteiger partial charge in [-0.1, -0.05) is 0 Å². The van der Waals surface area contributed by atoms with Gasteiger partial charge in [-0.05, 0) is 38.8 Å². The number of likely N-dealkylation sites (tertiary alicyclic amines) is 1. The molecule has 27 heavy (non-hydrogen) atoms. The second-order valence-corrected chi connectivity index (χ2v) is 6.67. The summed E-state index contributed by atoms with van der Waals surface area (Å²) < 4.78 is 11.3. The quantitative estimate of drug-likeness (QED) is 0.761. The van der Waals surface area contributed by atoms with Crippen LogP contribution in [0.2, 0.25) is 0 Å². The van der Waals surface area contributed by atoms with Gasteiger partial charge in [0, 0.05) is 24.4 Å². The fraction of sp³-hybridized carbons (Fsp3) is 0.368. The minimum Gasteiger partial charge on any atom is -0.472 e. The second kappa shape index (κ2) is 7.22. The van der Waals surface area contributed by atoms with E-state index in [1.54, 1.807) is 23.3 Å². The molecule has 0 aromatic carbocycles. The summed E-state index contributed by atoms with van der Waals surface area (Å²) in [6, 6.07) is 7.14. The summed E-state index contributed by atoms with van der Waals surface area (Å²) in [5, 5.41) is 6.99. The third-order valence-corrected chi connectivity index (χ3v) is 4.48. The van der Waals surface area contributed by atoms with Gasteiger partial charge in [0.2, 0.25) is 5.88 Å². The van der Waals surface area contributed by atoms with Gasteiger partial charge in [0.25, 0.3) is 5.91 Å². The van der Waals surface area contributed by atoms with Gasteiger partial charge in [0.1, 0.15) is 17.6 Å². The lowest BCUT2D eigenvalue weighted by Crippen LogP contribution is -2.44. The molecule has 1 atom stereocenters. The van der Waals surface area contributed by atoms with Crippen LogP contribution >= 0.6 is 0 Å². The molecule has 0 radical (unpaired) electrons. The average Bonchev–Trinajstić information content (AvgIpc) is 3.32. The van der Waals surface area contributed by atoms with Crippen LogP contribution in [-0.2, 0) is 0 Å². The molecule has 1 saturated heterocycles. The summed E-state index contributed by atoms with van der Waals surface area (Å²) in [4.78, 5) is 23.2. The van der Waals surface area contributed by atoms with E-state index in [2.05, 4.69) is 20.2 Å². The number of aromatic nitrogens is 4. The molecule has 1 amide bonds. The highest BCUT2D eigenvalue weighted by molar-refractivity contribution is 5.93. The molecule has 4 rings (SSSR count). The van der Waals surface area contributed by atoms with Crippen molar-refractivity contribution in [3.8, 4) is 17.3 Å². The van der Waals surface area contributed by atoms with E-state index in [-0.39, 0.29) is 12.0 Å². The Balaban J connectivity index is 1.44. The predicted octanol–water partition coefficient (Wildman–Crippen LogP) is 2.76. The molecule has 0 saturated carbocycles. The molecular formula is C19H21N5O3. The highest BCUT2D eigenvalue weighted by Crippen LogP contribution is 2.21. The number of aromatic amines is 1. The van der Waals surface area contributed by atoms with Gasteiger partial charge >= 0.3 is 0 Å². The average molecular weight is 367 g/mol. The van der Waals surface area contributed by atoms with Gasteiger partial charge in [-0.25, -0.2) is 4.98 Å². The Morgan fingerprint density at radius 1 is 1.33 bits per heavy atom. The number of amides is 1. The van der Waals surface area contributed by atoms with Gasteiger partial charge < -0.3 is 14.1 Å². The normalized spacial score (nSPS) is 17.1. The van der Waals surface area contributed by atoms with Gasteiger partial charge in [-0.2, -0.15) is 10.1 Å². The number of hydrogen-bond acceptors (Lipinski definition) is 6. The van der Waals surface area contributed by atoms with E-state index in [9.17, 15) is 4.79 Å². The third-order valence-electron chi connectivity index (χ3n) is 4.48. The number of hydrogen-bond donors (Lipinski definition) is 1. The van der Waals surface area contributed by atoms with Crippen LogP contribution in [0.15, 0.2) is 34.9 Å². The molecule has 1 N–H and O–H groups in total. The van der Waals surface area contributed by atoms with Crippen molar-refractivity contribution in [2.24, 2.45) is 0 Å². The minimum absolute atomic E-state index is 0.0973. The second-order valence-electron chi connectivity index (χ2n) is 6.67. The molecule has 0 bridgehead atoms. The smallest absolute Gasteiger partial charge is 0.274 e. The first-order valence-corrected chi connectivity index (χ1v) is 8.96. The monoisotopic (exact) mass is 367 g/mol. The molecule has 1 aliphatic rings. The van der Waals surface area contributed by atoms with E-state index >= 15 is 0 Å². The Morgan fingerprint density at radius 2 is 2.22 bits per heavy atom. The molecule has 140 valence electrons. The molecule has 8 heteroatoms. The lowest BCUT2D eigenvalue weighted by molar-refractivity contribution is 0.0521. The first-order chi connectivity index (χ1) is 13.1. The summed E-state index contributed by atoms with van der Waals surface area (Å²) in [6.07, 6.45) is 3.24. The van der Waals surface area contributed by atoms with Gasteiger partial charge in [0.15, 0.2) is 11.5 Å². The predicted molar refractivity (Wildman–Crippen MR) is 97.3 cm³/mol. The maximum absolute atomic E-state index is 12.8. The van der Waals surface area contributed by atoms with Crippen molar-refractivity contribution in [1.29, 1.82) is 0 Å². The zero-order chi connectivity index (χ0) is 18.8. The lowest BCUT2D eigenvalue weighted by Gasteiger charge is -2.32. The molecule has 3 aromatic heterocycles. The van der Waals surface area contributed by atoms with Crippen molar-refractivity contribution < 1.29 is 13.9 Å². The van der Waals surface area contributed by atoms with Crippen molar-refractivity contribution in [3.05, 3.63) is 47.7 Å². The van der Waals surface area contributed by atoms with Crippen LogP contribution < -0.4 is 4.74 Å². The summed E-state index contributed by atoms with van der Waals surface area (Å²) in [5.41, 5.74) is 1.92. The molecule has 0 aliphatic carbocycles. The van der Waals surface area contributed by atoms with E-state index in [4.69, 9.17) is 9.15 Å². The Bertz CT molecular complexity index is 914. The summed E-state index contributed by atoms with van der Waals surface area (Å²) in [7, 11) is 0. The number of carbonyl (C=O) groups excluding carboxylic acids is 1. The van der Waals surface area contributed by atoms with Crippen molar-refractivity contribution in [2.45, 2.75) is 32.8 Å². The van der Waals surface area contributed by atoms with Crippen LogP contribution in [0.4, 0.5) is 0 Å². The van der Waals surface area contributed by atoms with Gasteiger partial charge in [0.05, 0.1) is 12.8 Å². The van der Waals surface area contributed by atoms with Crippen LogP contribution in [0.5, 0.6) is 5.88 Å². The highest BCUT2D eigenvalue weighted by Gasteiger charge is 2.27. The zero-order valence-electron chi connectivity index (χ0n) is 15.3. The van der Waals surface area contributed by atoms with E-state index < -0.39 is 0 Å². The molecule has 0 spiro atoms. The first-order valence-electron chi connectivity index (χ1n) is 8.96. The van der Waals surface area contributed by atoms with E-state index in [0.29, 0.717) is 41.9 Å². The van der Waals surface area contributed by atoms with Crippen LogP contribution in [0.1, 0.15) is 34.8 Å². The van der Waals surface area contributed by atoms with Crippen molar-refractivity contribution in [1.82, 2.24) is 25.1 Å². The maximum atomic E-state index is 12.8. The van der Waals surface area contributed by atoms with E-state index in [0.717, 1.165) is 18.5 Å². The summed E-state index contributed by atoms with van der Waals surface area (Å²) >= 11 is 0. The van der Waals surface area contributed by atoms with E-state index in [1.165, 1.54) is 0 Å². The summed E-state index contributed by atoms with van der Waals surface area (Å²) in [6.45, 7) is 4.94. The molecule has 1 fully saturated rings. The fourth-order valence-corrected chi connectivity index (χ4v) is 3.28. The number of rotatable bonds is 4. The standard InChI is InChI=1S/C19H21N5O3/c1-12-9-18(21-13(2)20-12)27-14-5-3-7-24(11-14)19(25)16-10-15(22-23-16)17-6-4-8-26-17/h4,6,8-10,14H,3,5,7,11H2,1-2H3,(H,22,23). The minimum atomic E-state index is -0.118. The molecule has 4 heterocycles. The van der Waals surface area contributed by atoms with Crippen LogP contribution in [-0.4, -0.2) is 50.2 Å². The van der Waals surface area contributed by atoms with E-state index in [1.807, 2.05) is 26.0 Å². The largest absolute Gasteiger partial charge is 0.472 e. The topological polar surface area (TPSA) is 97.1 Å². The number of nitrogens with one attached hydrogen (secondary N) is 1. The van der Waals surface area contributed by atoms with Crippen molar-refractivity contribution in [2.75, 3.05) is 13.1 Å². The number of furan rings is 1. The number of ether oxygens (including phenoxy) is 1. The van der Waals surface area contributed by atoms with Crippen molar-refractivity contribution >= 4 is 5.91 Å². The Hall–Kier alpha value is -3.16. The first kappa shape index (κ1) is 17.3. The number of carbonyl (C=O) groups is 1. The van der Waals surface area contributed by atoms with Crippen LogP contribution in [0.25, 0.3) is 11.5 Å². The van der Waals surface area contributed by atoms with Gasteiger partial charge in [-0.15, -0.1) is 0 Å². The molecule has 3 aromatic rings.